The first kappa shape index (κ1) is 18.9. The maximum Gasteiger partial charge on any atom is 0.412 e. The molecule has 0 atom stereocenters. The van der Waals surface area contributed by atoms with Gasteiger partial charge in [-0.05, 0) is 58.4 Å². The van der Waals surface area contributed by atoms with Gasteiger partial charge in [0.05, 0.1) is 5.60 Å². The Balaban J connectivity index is 2.92. The zero-order valence-corrected chi connectivity index (χ0v) is 15.5. The van der Waals surface area contributed by atoms with Crippen LogP contribution in [0.4, 0.5) is 10.5 Å². The normalized spacial score (nSPS) is 12.1. The van der Waals surface area contributed by atoms with Crippen LogP contribution >= 0.6 is 15.9 Å². The summed E-state index contributed by atoms with van der Waals surface area (Å²) in [6.45, 7) is 9.51. The molecule has 0 saturated heterocycles. The molecule has 6 heteroatoms. The summed E-state index contributed by atoms with van der Waals surface area (Å²) in [5.41, 5.74) is 0.434. The Morgan fingerprint density at radius 3 is 2.41 bits per heavy atom. The van der Waals surface area contributed by atoms with Gasteiger partial charge in [0.2, 0.25) is 0 Å². The fourth-order valence-corrected chi connectivity index (χ4v) is 2.49. The van der Waals surface area contributed by atoms with Crippen LogP contribution in [0.1, 0.15) is 40.2 Å². The predicted octanol–water partition coefficient (Wildman–Crippen LogP) is 4.65. The third-order valence-electron chi connectivity index (χ3n) is 2.80. The number of ether oxygens (including phenoxy) is 3. The summed E-state index contributed by atoms with van der Waals surface area (Å²) in [5, 5.41) is 2.73. The van der Waals surface area contributed by atoms with Crippen molar-refractivity contribution in [1.82, 2.24) is 0 Å². The van der Waals surface area contributed by atoms with Gasteiger partial charge >= 0.3 is 6.09 Å². The fourth-order valence-electron chi connectivity index (χ4n) is 1.77. The number of halogens is 1. The number of nitrogens with one attached hydrogen (secondary N) is 1. The first-order chi connectivity index (χ1) is 10.0. The minimum absolute atomic E-state index is 0.184. The number of benzene rings is 1. The molecule has 0 aliphatic heterocycles. The van der Waals surface area contributed by atoms with E-state index in [0.717, 1.165) is 10.0 Å². The topological polar surface area (TPSA) is 56.8 Å². The van der Waals surface area contributed by atoms with E-state index in [-0.39, 0.29) is 6.79 Å². The maximum atomic E-state index is 11.8. The number of hydrogen-bond donors (Lipinski definition) is 1. The predicted molar refractivity (Wildman–Crippen MR) is 90.0 cm³/mol. The molecule has 0 aliphatic carbocycles. The third-order valence-corrected chi connectivity index (χ3v) is 3.49. The average Bonchev–Trinajstić information content (AvgIpc) is 2.36. The minimum Gasteiger partial charge on any atom is -0.444 e. The molecule has 0 aromatic heterocycles. The van der Waals surface area contributed by atoms with Crippen molar-refractivity contribution in [3.63, 3.8) is 0 Å². The highest BCUT2D eigenvalue weighted by molar-refractivity contribution is 9.10. The fraction of sp³-hybridized carbons (Fsp3) is 0.562. The largest absolute Gasteiger partial charge is 0.444 e. The minimum atomic E-state index is -0.569. The van der Waals surface area contributed by atoms with Gasteiger partial charge in [0, 0.05) is 17.3 Å². The summed E-state index contributed by atoms with van der Waals surface area (Å²) >= 11 is 3.51. The van der Waals surface area contributed by atoms with Gasteiger partial charge in [-0.15, -0.1) is 0 Å². The van der Waals surface area contributed by atoms with Crippen molar-refractivity contribution in [1.29, 1.82) is 0 Å². The number of rotatable bonds is 5. The number of hydrogen-bond acceptors (Lipinski definition) is 4. The van der Waals surface area contributed by atoms with E-state index in [1.165, 1.54) is 0 Å². The van der Waals surface area contributed by atoms with Crippen molar-refractivity contribution in [2.75, 3.05) is 19.2 Å². The van der Waals surface area contributed by atoms with E-state index < -0.39 is 17.3 Å². The van der Waals surface area contributed by atoms with E-state index >= 15 is 0 Å². The van der Waals surface area contributed by atoms with Crippen LogP contribution < -0.4 is 5.32 Å². The molecule has 22 heavy (non-hydrogen) atoms. The van der Waals surface area contributed by atoms with Crippen molar-refractivity contribution < 1.29 is 19.0 Å². The van der Waals surface area contributed by atoms with Gasteiger partial charge in [-0.3, -0.25) is 5.32 Å². The van der Waals surface area contributed by atoms with Gasteiger partial charge in [0.1, 0.15) is 12.4 Å². The number of carbonyl (C=O) groups is 1. The lowest BCUT2D eigenvalue weighted by molar-refractivity contribution is -0.118. The molecule has 0 spiro atoms. The van der Waals surface area contributed by atoms with E-state index in [1.807, 2.05) is 46.8 Å². The van der Waals surface area contributed by atoms with E-state index in [2.05, 4.69) is 21.2 Å². The van der Waals surface area contributed by atoms with Crippen LogP contribution in [0.25, 0.3) is 0 Å². The molecule has 5 nitrogen and oxygen atoms in total. The Morgan fingerprint density at radius 2 is 1.86 bits per heavy atom. The van der Waals surface area contributed by atoms with E-state index in [0.29, 0.717) is 5.69 Å². The summed E-state index contributed by atoms with van der Waals surface area (Å²) < 4.78 is 16.8. The smallest absolute Gasteiger partial charge is 0.412 e. The van der Waals surface area contributed by atoms with E-state index in [1.54, 1.807) is 13.2 Å². The van der Waals surface area contributed by atoms with Crippen LogP contribution in [0.5, 0.6) is 0 Å². The summed E-state index contributed by atoms with van der Waals surface area (Å²) in [6, 6.07) is 5.51. The Morgan fingerprint density at radius 1 is 1.23 bits per heavy atom. The summed E-state index contributed by atoms with van der Waals surface area (Å²) in [7, 11) is 1.58. The second-order valence-corrected chi connectivity index (χ2v) is 7.24. The highest BCUT2D eigenvalue weighted by Crippen LogP contribution is 2.33. The Hall–Kier alpha value is -1.11. The van der Waals surface area contributed by atoms with Crippen LogP contribution in [-0.2, 0) is 19.8 Å². The molecule has 0 fully saturated rings. The van der Waals surface area contributed by atoms with E-state index in [4.69, 9.17) is 14.2 Å². The lowest BCUT2D eigenvalue weighted by Crippen LogP contribution is -2.27. The molecule has 124 valence electrons. The number of anilines is 1. The van der Waals surface area contributed by atoms with Crippen LogP contribution in [0.15, 0.2) is 22.7 Å². The Kier molecular flexibility index (Phi) is 6.40. The van der Waals surface area contributed by atoms with Gasteiger partial charge in [-0.2, -0.15) is 0 Å². The molecule has 0 radical (unpaired) electrons. The van der Waals surface area contributed by atoms with Gasteiger partial charge < -0.3 is 14.2 Å². The van der Waals surface area contributed by atoms with Crippen LogP contribution in [-0.4, -0.2) is 25.6 Å². The van der Waals surface area contributed by atoms with Gasteiger partial charge in [0.25, 0.3) is 0 Å². The van der Waals surface area contributed by atoms with Crippen molar-refractivity contribution in [3.8, 4) is 0 Å². The molecule has 0 bridgehead atoms. The first-order valence-corrected chi connectivity index (χ1v) is 7.77. The molecule has 0 unspecified atom stereocenters. The summed E-state index contributed by atoms with van der Waals surface area (Å²) in [5.74, 6) is 0. The van der Waals surface area contributed by atoms with Crippen LogP contribution in [0.2, 0.25) is 0 Å². The van der Waals surface area contributed by atoms with Crippen molar-refractivity contribution in [3.05, 3.63) is 28.2 Å². The van der Waals surface area contributed by atoms with Crippen molar-refractivity contribution in [2.24, 2.45) is 0 Å². The Labute approximate surface area is 140 Å². The average molecular weight is 374 g/mol. The number of methoxy groups -OCH3 is 1. The molecule has 1 aromatic rings. The number of amides is 1. The van der Waals surface area contributed by atoms with E-state index in [9.17, 15) is 4.79 Å². The maximum absolute atomic E-state index is 11.8. The lowest BCUT2D eigenvalue weighted by Gasteiger charge is -2.27. The highest BCUT2D eigenvalue weighted by Gasteiger charge is 2.25. The second kappa shape index (κ2) is 7.44. The zero-order valence-electron chi connectivity index (χ0n) is 14.0. The SMILES string of the molecule is COCOC(C)(C)c1cc(NC(=O)OC(C)(C)C)ccc1Br. The highest BCUT2D eigenvalue weighted by atomic mass is 79.9. The third kappa shape index (κ3) is 5.94. The van der Waals surface area contributed by atoms with Gasteiger partial charge in [-0.1, -0.05) is 15.9 Å². The quantitative estimate of drug-likeness (QED) is 0.763. The summed E-state index contributed by atoms with van der Waals surface area (Å²) in [6.07, 6.45) is -0.489. The molecular formula is C16H24BrNO4. The molecule has 1 amide bonds. The second-order valence-electron chi connectivity index (χ2n) is 6.38. The van der Waals surface area contributed by atoms with Gasteiger partial charge in [-0.25, -0.2) is 4.79 Å². The summed E-state index contributed by atoms with van der Waals surface area (Å²) in [4.78, 5) is 11.8. The molecular weight excluding hydrogens is 350 g/mol. The zero-order chi connectivity index (χ0) is 17.0. The monoisotopic (exact) mass is 373 g/mol. The standard InChI is InChI=1S/C16H24BrNO4/c1-15(2,3)22-14(19)18-11-7-8-13(17)12(9-11)16(4,5)21-10-20-6/h7-9H,10H2,1-6H3,(H,18,19). The lowest BCUT2D eigenvalue weighted by atomic mass is 9.97. The molecule has 1 rings (SSSR count). The van der Waals surface area contributed by atoms with Crippen molar-refractivity contribution in [2.45, 2.75) is 45.8 Å². The molecule has 1 N–H and O–H groups in total. The van der Waals surface area contributed by atoms with Gasteiger partial charge in [0.15, 0.2) is 0 Å². The Bertz CT molecular complexity index is 523. The van der Waals surface area contributed by atoms with Crippen LogP contribution in [0.3, 0.4) is 0 Å². The molecule has 0 saturated carbocycles. The number of carbonyl (C=O) groups excluding carboxylic acids is 1. The molecule has 1 aromatic carbocycles. The van der Waals surface area contributed by atoms with Crippen LogP contribution in [0, 0.1) is 0 Å². The first-order valence-electron chi connectivity index (χ1n) is 6.98. The molecule has 0 aliphatic rings. The molecule has 0 heterocycles. The van der Waals surface area contributed by atoms with Crippen molar-refractivity contribution >= 4 is 27.7 Å².